The normalized spacial score (nSPS) is 10.4. The van der Waals surface area contributed by atoms with E-state index in [1.54, 1.807) is 25.3 Å². The third kappa shape index (κ3) is 5.69. The lowest BCUT2D eigenvalue weighted by molar-refractivity contribution is -0.130. The molecular formula is C25H20O5. The zero-order valence-electron chi connectivity index (χ0n) is 16.4. The van der Waals surface area contributed by atoms with Gasteiger partial charge >= 0.3 is 11.9 Å². The molecule has 150 valence electrons. The van der Waals surface area contributed by atoms with Crippen LogP contribution in [0.2, 0.25) is 0 Å². The molecule has 0 aliphatic carbocycles. The highest BCUT2D eigenvalue weighted by atomic mass is 16.5. The molecule has 0 saturated heterocycles. The predicted molar refractivity (Wildman–Crippen MR) is 115 cm³/mol. The molecular weight excluding hydrogens is 380 g/mol. The minimum atomic E-state index is -0.555. The van der Waals surface area contributed by atoms with Crippen molar-refractivity contribution in [1.29, 1.82) is 0 Å². The highest BCUT2D eigenvalue weighted by molar-refractivity contribution is 5.89. The van der Waals surface area contributed by atoms with E-state index >= 15 is 0 Å². The van der Waals surface area contributed by atoms with Crippen molar-refractivity contribution in [3.8, 4) is 28.4 Å². The van der Waals surface area contributed by atoms with Gasteiger partial charge in [-0.3, -0.25) is 0 Å². The monoisotopic (exact) mass is 400 g/mol. The molecule has 0 N–H and O–H groups in total. The van der Waals surface area contributed by atoms with Crippen LogP contribution in [0, 0.1) is 0 Å². The first-order chi connectivity index (χ1) is 14.6. The van der Waals surface area contributed by atoms with Crippen molar-refractivity contribution in [2.24, 2.45) is 0 Å². The molecule has 30 heavy (non-hydrogen) atoms. The molecule has 0 atom stereocenters. The predicted octanol–water partition coefficient (Wildman–Crippen LogP) is 5.07. The fraction of sp³-hybridized carbons (Fsp3) is 0.0400. The Hall–Kier alpha value is -4.12. The molecule has 0 fully saturated rings. The number of benzene rings is 3. The molecule has 0 heterocycles. The average Bonchev–Trinajstić information content (AvgIpc) is 2.79. The van der Waals surface area contributed by atoms with Gasteiger partial charge in [0.15, 0.2) is 0 Å². The van der Waals surface area contributed by atoms with Gasteiger partial charge in [-0.05, 0) is 59.2 Å². The van der Waals surface area contributed by atoms with Crippen molar-refractivity contribution in [2.45, 2.75) is 0 Å². The number of methoxy groups -OCH3 is 1. The zero-order chi connectivity index (χ0) is 21.3. The summed E-state index contributed by atoms with van der Waals surface area (Å²) in [6, 6.07) is 21.8. The molecule has 0 unspecified atom stereocenters. The Balaban J connectivity index is 1.57. The van der Waals surface area contributed by atoms with Crippen LogP contribution >= 0.6 is 0 Å². The maximum atomic E-state index is 12.0. The van der Waals surface area contributed by atoms with E-state index < -0.39 is 11.9 Å². The van der Waals surface area contributed by atoms with E-state index in [1.165, 1.54) is 18.2 Å². The lowest BCUT2D eigenvalue weighted by Crippen LogP contribution is -2.05. The van der Waals surface area contributed by atoms with Gasteiger partial charge in [0.2, 0.25) is 0 Å². The average molecular weight is 400 g/mol. The summed E-state index contributed by atoms with van der Waals surface area (Å²) in [6.07, 6.45) is 4.11. The number of hydrogen-bond acceptors (Lipinski definition) is 5. The third-order valence-electron chi connectivity index (χ3n) is 4.17. The first-order valence-corrected chi connectivity index (χ1v) is 9.16. The zero-order valence-corrected chi connectivity index (χ0v) is 16.4. The summed E-state index contributed by atoms with van der Waals surface area (Å²) in [5.41, 5.74) is 3.01. The molecule has 5 heteroatoms. The summed E-state index contributed by atoms with van der Waals surface area (Å²) in [5, 5.41) is 0. The van der Waals surface area contributed by atoms with Gasteiger partial charge in [-0.15, -0.1) is 0 Å². The Bertz CT molecular complexity index is 1050. The molecule has 0 aliphatic rings. The second-order valence-corrected chi connectivity index (χ2v) is 6.20. The molecule has 5 nitrogen and oxygen atoms in total. The van der Waals surface area contributed by atoms with Gasteiger partial charge in [0.05, 0.1) is 7.11 Å². The Morgan fingerprint density at radius 1 is 0.700 bits per heavy atom. The van der Waals surface area contributed by atoms with Gasteiger partial charge < -0.3 is 14.2 Å². The van der Waals surface area contributed by atoms with Crippen LogP contribution < -0.4 is 14.2 Å². The van der Waals surface area contributed by atoms with Crippen LogP contribution in [0.25, 0.3) is 17.2 Å². The standard InChI is InChI=1S/C25H20O5/c1-3-24(26)29-22-13-15-23(16-14-22)30-25(27)17-6-18-4-7-19(8-5-18)20-9-11-21(28-2)12-10-20/h3-17H,1H2,2H3. The van der Waals surface area contributed by atoms with Crippen LogP contribution in [0.3, 0.4) is 0 Å². The Morgan fingerprint density at radius 3 is 1.67 bits per heavy atom. The van der Waals surface area contributed by atoms with E-state index in [0.717, 1.165) is 28.5 Å². The maximum Gasteiger partial charge on any atom is 0.336 e. The Labute approximate surface area is 174 Å². The number of rotatable bonds is 7. The molecule has 3 aromatic rings. The van der Waals surface area contributed by atoms with Gasteiger partial charge in [0, 0.05) is 12.2 Å². The number of esters is 2. The molecule has 0 aromatic heterocycles. The number of ether oxygens (including phenoxy) is 3. The number of carbonyl (C=O) groups is 2. The highest BCUT2D eigenvalue weighted by Crippen LogP contribution is 2.23. The first kappa shape index (κ1) is 20.6. The summed E-state index contributed by atoms with van der Waals surface area (Å²) >= 11 is 0. The summed E-state index contributed by atoms with van der Waals surface area (Å²) in [6.45, 7) is 3.33. The quantitative estimate of drug-likeness (QED) is 0.315. The van der Waals surface area contributed by atoms with E-state index in [0.29, 0.717) is 11.5 Å². The molecule has 0 bridgehead atoms. The fourth-order valence-electron chi connectivity index (χ4n) is 2.62. The second kappa shape index (κ2) is 9.89. The van der Waals surface area contributed by atoms with Gasteiger partial charge in [0.25, 0.3) is 0 Å². The Kier molecular flexibility index (Phi) is 6.79. The highest BCUT2D eigenvalue weighted by Gasteiger charge is 2.04. The minimum absolute atomic E-state index is 0.340. The third-order valence-corrected chi connectivity index (χ3v) is 4.17. The van der Waals surface area contributed by atoms with Gasteiger partial charge in [-0.2, -0.15) is 0 Å². The summed E-state index contributed by atoms with van der Waals surface area (Å²) < 4.78 is 15.4. The molecule has 0 spiro atoms. The van der Waals surface area contributed by atoms with Crippen molar-refractivity contribution in [2.75, 3.05) is 7.11 Å². The van der Waals surface area contributed by atoms with Gasteiger partial charge in [-0.25, -0.2) is 9.59 Å². The van der Waals surface area contributed by atoms with Crippen LogP contribution in [0.1, 0.15) is 5.56 Å². The number of carbonyl (C=O) groups excluding carboxylic acids is 2. The van der Waals surface area contributed by atoms with Crippen LogP contribution in [0.5, 0.6) is 17.2 Å². The van der Waals surface area contributed by atoms with Crippen molar-refractivity contribution >= 4 is 18.0 Å². The van der Waals surface area contributed by atoms with Crippen LogP contribution in [-0.2, 0) is 9.59 Å². The minimum Gasteiger partial charge on any atom is -0.497 e. The van der Waals surface area contributed by atoms with Gasteiger partial charge in [-0.1, -0.05) is 43.0 Å². The van der Waals surface area contributed by atoms with E-state index in [-0.39, 0.29) is 0 Å². The van der Waals surface area contributed by atoms with Crippen LogP contribution in [0.15, 0.2) is 91.5 Å². The summed E-state index contributed by atoms with van der Waals surface area (Å²) in [5.74, 6) is 0.431. The Morgan fingerprint density at radius 2 is 1.17 bits per heavy atom. The molecule has 3 aromatic carbocycles. The van der Waals surface area contributed by atoms with E-state index in [1.807, 2.05) is 48.5 Å². The van der Waals surface area contributed by atoms with Crippen LogP contribution in [-0.4, -0.2) is 19.0 Å². The van der Waals surface area contributed by atoms with Crippen molar-refractivity contribution in [3.05, 3.63) is 97.1 Å². The lowest BCUT2D eigenvalue weighted by Gasteiger charge is -2.05. The fourth-order valence-corrected chi connectivity index (χ4v) is 2.62. The van der Waals surface area contributed by atoms with E-state index in [2.05, 4.69) is 6.58 Å². The molecule has 0 aliphatic heterocycles. The smallest absolute Gasteiger partial charge is 0.336 e. The largest absolute Gasteiger partial charge is 0.497 e. The van der Waals surface area contributed by atoms with Crippen molar-refractivity contribution < 1.29 is 23.8 Å². The van der Waals surface area contributed by atoms with E-state index in [4.69, 9.17) is 14.2 Å². The lowest BCUT2D eigenvalue weighted by atomic mass is 10.0. The van der Waals surface area contributed by atoms with Crippen molar-refractivity contribution in [3.63, 3.8) is 0 Å². The van der Waals surface area contributed by atoms with Gasteiger partial charge in [0.1, 0.15) is 17.2 Å². The second-order valence-electron chi connectivity index (χ2n) is 6.20. The van der Waals surface area contributed by atoms with E-state index in [9.17, 15) is 9.59 Å². The SMILES string of the molecule is C=CC(=O)Oc1ccc(OC(=O)C=Cc2ccc(-c3ccc(OC)cc3)cc2)cc1. The summed E-state index contributed by atoms with van der Waals surface area (Å²) in [4.78, 5) is 23.2. The molecule has 0 radical (unpaired) electrons. The van der Waals surface area contributed by atoms with Crippen molar-refractivity contribution in [1.82, 2.24) is 0 Å². The maximum absolute atomic E-state index is 12.0. The summed E-state index contributed by atoms with van der Waals surface area (Å²) in [7, 11) is 1.64. The first-order valence-electron chi connectivity index (χ1n) is 9.16. The van der Waals surface area contributed by atoms with Crippen LogP contribution in [0.4, 0.5) is 0 Å². The molecule has 3 rings (SSSR count). The topological polar surface area (TPSA) is 61.8 Å². The number of hydrogen-bond donors (Lipinski definition) is 0. The molecule has 0 amide bonds. The molecule has 0 saturated carbocycles.